The van der Waals surface area contributed by atoms with Crippen molar-refractivity contribution in [1.29, 1.82) is 0 Å². The number of hydrogen-bond acceptors (Lipinski definition) is 4. The van der Waals surface area contributed by atoms with Crippen LogP contribution in [-0.2, 0) is 11.3 Å². The smallest absolute Gasteiger partial charge is 0.246 e. The molecule has 0 atom stereocenters. The standard InChI is InChI=1S/C22H26ClN3O3/c1-3-29-22-19(23)14-18(15-20(22)28-2)4-5-21(27)26-12-10-25(11-13-26)16-17-6-8-24-9-7-17/h4-9,14-15H,3,10-13,16H2,1-2H3/p+1/b5-4+. The average Bonchev–Trinajstić information content (AvgIpc) is 2.75. The van der Waals surface area contributed by atoms with E-state index >= 15 is 0 Å². The van der Waals surface area contributed by atoms with E-state index in [0.29, 0.717) is 23.1 Å². The molecule has 1 aromatic heterocycles. The van der Waals surface area contributed by atoms with Gasteiger partial charge in [-0.15, -0.1) is 0 Å². The van der Waals surface area contributed by atoms with Crippen LogP contribution in [0.2, 0.25) is 5.02 Å². The number of aromatic nitrogens is 1. The molecule has 7 heteroatoms. The Morgan fingerprint density at radius 3 is 2.66 bits per heavy atom. The molecule has 1 fully saturated rings. The Hall–Kier alpha value is -2.57. The van der Waals surface area contributed by atoms with E-state index in [1.807, 2.05) is 42.4 Å². The van der Waals surface area contributed by atoms with E-state index < -0.39 is 0 Å². The number of hydrogen-bond donors (Lipinski definition) is 1. The molecule has 1 N–H and O–H groups in total. The van der Waals surface area contributed by atoms with Gasteiger partial charge in [0.25, 0.3) is 0 Å². The van der Waals surface area contributed by atoms with E-state index in [2.05, 4.69) is 4.98 Å². The third-order valence-electron chi connectivity index (χ3n) is 4.94. The second-order valence-corrected chi connectivity index (χ2v) is 7.32. The molecule has 1 aliphatic rings. The lowest BCUT2D eigenvalue weighted by molar-refractivity contribution is -0.917. The monoisotopic (exact) mass is 416 g/mol. The fraction of sp³-hybridized carbons (Fsp3) is 0.364. The van der Waals surface area contributed by atoms with Crippen LogP contribution < -0.4 is 14.4 Å². The summed E-state index contributed by atoms with van der Waals surface area (Å²) in [5.41, 5.74) is 2.07. The largest absolute Gasteiger partial charge is 0.493 e. The fourth-order valence-electron chi connectivity index (χ4n) is 3.40. The maximum absolute atomic E-state index is 12.6. The number of amides is 1. The van der Waals surface area contributed by atoms with Gasteiger partial charge in [-0.25, -0.2) is 0 Å². The van der Waals surface area contributed by atoms with Gasteiger partial charge in [-0.2, -0.15) is 0 Å². The van der Waals surface area contributed by atoms with Gasteiger partial charge in [0.05, 0.1) is 44.9 Å². The number of piperazine rings is 1. The van der Waals surface area contributed by atoms with Gasteiger partial charge in [0.2, 0.25) is 5.91 Å². The molecule has 1 aliphatic heterocycles. The first-order valence-corrected chi connectivity index (χ1v) is 10.2. The van der Waals surface area contributed by atoms with Gasteiger partial charge in [0.15, 0.2) is 11.5 Å². The highest BCUT2D eigenvalue weighted by molar-refractivity contribution is 6.32. The van der Waals surface area contributed by atoms with Crippen LogP contribution >= 0.6 is 11.6 Å². The van der Waals surface area contributed by atoms with Crippen LogP contribution in [0.5, 0.6) is 11.5 Å². The van der Waals surface area contributed by atoms with Gasteiger partial charge in [-0.3, -0.25) is 9.78 Å². The number of benzene rings is 1. The summed E-state index contributed by atoms with van der Waals surface area (Å²) in [4.78, 5) is 20.0. The molecule has 2 heterocycles. The Morgan fingerprint density at radius 1 is 1.28 bits per heavy atom. The molecule has 0 spiro atoms. The van der Waals surface area contributed by atoms with E-state index in [1.54, 1.807) is 25.3 Å². The number of carbonyl (C=O) groups is 1. The topological polar surface area (TPSA) is 56.1 Å². The zero-order valence-electron chi connectivity index (χ0n) is 16.9. The summed E-state index contributed by atoms with van der Waals surface area (Å²) in [7, 11) is 1.57. The summed E-state index contributed by atoms with van der Waals surface area (Å²) in [5, 5.41) is 0.464. The van der Waals surface area contributed by atoms with E-state index in [9.17, 15) is 4.79 Å². The van der Waals surface area contributed by atoms with Crippen molar-refractivity contribution in [3.8, 4) is 11.5 Å². The van der Waals surface area contributed by atoms with Crippen molar-refractivity contribution < 1.29 is 19.2 Å². The Kier molecular flexibility index (Phi) is 7.49. The van der Waals surface area contributed by atoms with Crippen molar-refractivity contribution >= 4 is 23.6 Å². The maximum Gasteiger partial charge on any atom is 0.246 e. The number of nitrogens with one attached hydrogen (secondary N) is 1. The highest BCUT2D eigenvalue weighted by atomic mass is 35.5. The van der Waals surface area contributed by atoms with Crippen LogP contribution in [0.4, 0.5) is 0 Å². The second-order valence-electron chi connectivity index (χ2n) is 6.91. The number of ether oxygens (including phenoxy) is 2. The van der Waals surface area contributed by atoms with Crippen LogP contribution in [0.15, 0.2) is 42.7 Å². The van der Waals surface area contributed by atoms with Gasteiger partial charge in [-0.05, 0) is 42.8 Å². The zero-order chi connectivity index (χ0) is 20.6. The molecule has 1 saturated heterocycles. The Labute approximate surface area is 176 Å². The quantitative estimate of drug-likeness (QED) is 0.702. The molecule has 1 amide bonds. The number of quaternary nitrogens is 1. The minimum Gasteiger partial charge on any atom is -0.493 e. The van der Waals surface area contributed by atoms with Crippen LogP contribution in [0, 0.1) is 0 Å². The van der Waals surface area contributed by atoms with E-state index in [0.717, 1.165) is 38.3 Å². The van der Waals surface area contributed by atoms with Crippen molar-refractivity contribution in [2.45, 2.75) is 13.5 Å². The summed E-state index contributed by atoms with van der Waals surface area (Å²) in [5.74, 6) is 1.09. The average molecular weight is 417 g/mol. The van der Waals surface area contributed by atoms with Gasteiger partial charge in [0.1, 0.15) is 6.54 Å². The maximum atomic E-state index is 12.6. The number of rotatable bonds is 7. The van der Waals surface area contributed by atoms with Crippen molar-refractivity contribution in [2.24, 2.45) is 0 Å². The van der Waals surface area contributed by atoms with Gasteiger partial charge in [0, 0.05) is 24.0 Å². The van der Waals surface area contributed by atoms with Crippen LogP contribution in [-0.4, -0.2) is 55.7 Å². The molecule has 2 aromatic rings. The molecular weight excluding hydrogens is 390 g/mol. The third kappa shape index (κ3) is 5.71. The lowest BCUT2D eigenvalue weighted by atomic mass is 10.1. The molecule has 6 nitrogen and oxygen atoms in total. The van der Waals surface area contributed by atoms with E-state index in [1.165, 1.54) is 10.5 Å². The van der Waals surface area contributed by atoms with Crippen molar-refractivity contribution in [2.75, 3.05) is 39.9 Å². The van der Waals surface area contributed by atoms with Crippen molar-refractivity contribution in [3.63, 3.8) is 0 Å². The minimum atomic E-state index is 0.0111. The van der Waals surface area contributed by atoms with Crippen LogP contribution in [0.25, 0.3) is 6.08 Å². The molecule has 154 valence electrons. The highest BCUT2D eigenvalue weighted by Crippen LogP contribution is 2.36. The molecule has 0 aliphatic carbocycles. The number of pyridine rings is 1. The summed E-state index contributed by atoms with van der Waals surface area (Å²) >= 11 is 6.30. The highest BCUT2D eigenvalue weighted by Gasteiger charge is 2.22. The predicted molar refractivity (Wildman–Crippen MR) is 113 cm³/mol. The molecule has 0 radical (unpaired) electrons. The zero-order valence-corrected chi connectivity index (χ0v) is 17.6. The summed E-state index contributed by atoms with van der Waals surface area (Å²) in [6, 6.07) is 7.68. The second kappa shape index (κ2) is 10.3. The molecule has 0 saturated carbocycles. The first-order valence-electron chi connectivity index (χ1n) is 9.80. The SMILES string of the molecule is CCOc1c(Cl)cc(/C=C/C(=O)N2CC[NH+](Cc3ccncc3)CC2)cc1OC. The molecule has 1 aromatic carbocycles. The Balaban J connectivity index is 1.57. The number of nitrogens with zero attached hydrogens (tertiary/aromatic N) is 2. The van der Waals surface area contributed by atoms with Crippen LogP contribution in [0.1, 0.15) is 18.1 Å². The van der Waals surface area contributed by atoms with E-state index in [-0.39, 0.29) is 5.91 Å². The summed E-state index contributed by atoms with van der Waals surface area (Å²) in [6.45, 7) is 6.72. The number of halogens is 1. The molecule has 0 bridgehead atoms. The normalized spacial score (nSPS) is 14.9. The minimum absolute atomic E-state index is 0.0111. The Morgan fingerprint density at radius 2 is 2.00 bits per heavy atom. The predicted octanol–water partition coefficient (Wildman–Crippen LogP) is 2.08. The molecular formula is C22H27ClN3O3+. The summed E-state index contributed by atoms with van der Waals surface area (Å²) < 4.78 is 10.9. The lowest BCUT2D eigenvalue weighted by Gasteiger charge is -2.31. The fourth-order valence-corrected chi connectivity index (χ4v) is 3.68. The van der Waals surface area contributed by atoms with Gasteiger partial charge >= 0.3 is 0 Å². The van der Waals surface area contributed by atoms with Gasteiger partial charge in [-0.1, -0.05) is 11.6 Å². The molecule has 3 rings (SSSR count). The number of carbonyl (C=O) groups excluding carboxylic acids is 1. The Bertz CT molecular complexity index is 850. The first-order chi connectivity index (χ1) is 14.1. The molecule has 0 unspecified atom stereocenters. The first kappa shape index (κ1) is 21.1. The van der Waals surface area contributed by atoms with Crippen LogP contribution in [0.3, 0.4) is 0 Å². The van der Waals surface area contributed by atoms with Crippen molar-refractivity contribution in [3.05, 3.63) is 58.9 Å². The van der Waals surface area contributed by atoms with Gasteiger partial charge < -0.3 is 19.3 Å². The molecule has 29 heavy (non-hydrogen) atoms. The number of methoxy groups -OCH3 is 1. The lowest BCUT2D eigenvalue weighted by Crippen LogP contribution is -3.13. The van der Waals surface area contributed by atoms with E-state index in [4.69, 9.17) is 21.1 Å². The summed E-state index contributed by atoms with van der Waals surface area (Å²) in [6.07, 6.45) is 7.00. The third-order valence-corrected chi connectivity index (χ3v) is 5.23. The van der Waals surface area contributed by atoms with Crippen molar-refractivity contribution in [1.82, 2.24) is 9.88 Å².